The molecule has 3 nitrogen and oxygen atoms in total. The molecule has 0 atom stereocenters. The summed E-state index contributed by atoms with van der Waals surface area (Å²) in [4.78, 5) is 11.3. The van der Waals surface area contributed by atoms with Gasteiger partial charge >= 0.3 is 6.09 Å². The lowest BCUT2D eigenvalue weighted by molar-refractivity contribution is 0.168. The van der Waals surface area contributed by atoms with Crippen LogP contribution in [0.15, 0.2) is 40.9 Å². The highest BCUT2D eigenvalue weighted by atomic mass is 79.9. The molecule has 2 aromatic carbocycles. The minimum atomic E-state index is -0.441. The first-order chi connectivity index (χ1) is 8.22. The van der Waals surface area contributed by atoms with E-state index in [1.165, 1.54) is 0 Å². The Labute approximate surface area is 108 Å². The fourth-order valence-electron chi connectivity index (χ4n) is 1.61. The van der Waals surface area contributed by atoms with Crippen LogP contribution >= 0.6 is 15.9 Å². The Balaban J connectivity index is 2.36. The number of fused-ring (bicyclic) bond motifs is 1. The second kappa shape index (κ2) is 5.19. The summed E-state index contributed by atoms with van der Waals surface area (Å²) in [6, 6.07) is 11.8. The third-order valence-corrected chi connectivity index (χ3v) is 3.23. The van der Waals surface area contributed by atoms with Gasteiger partial charge in [-0.2, -0.15) is 0 Å². The molecule has 0 aromatic heterocycles. The second-order valence-electron chi connectivity index (χ2n) is 3.49. The van der Waals surface area contributed by atoms with Crippen LogP contribution in [0.4, 0.5) is 10.5 Å². The van der Waals surface area contributed by atoms with Crippen LogP contribution in [0.25, 0.3) is 10.8 Å². The number of anilines is 1. The van der Waals surface area contributed by atoms with Crippen LogP contribution in [-0.4, -0.2) is 12.7 Å². The summed E-state index contributed by atoms with van der Waals surface area (Å²) in [5.74, 6) is 0. The highest BCUT2D eigenvalue weighted by molar-refractivity contribution is 9.10. The normalized spacial score (nSPS) is 10.2. The van der Waals surface area contributed by atoms with E-state index in [4.69, 9.17) is 4.74 Å². The lowest BCUT2D eigenvalue weighted by Crippen LogP contribution is -2.13. The van der Waals surface area contributed by atoms with Crippen LogP contribution in [0.1, 0.15) is 6.92 Å². The Morgan fingerprint density at radius 3 is 2.82 bits per heavy atom. The summed E-state index contributed by atoms with van der Waals surface area (Å²) < 4.78 is 5.71. The van der Waals surface area contributed by atoms with E-state index >= 15 is 0 Å². The molecule has 0 aliphatic rings. The number of carbonyl (C=O) groups is 1. The van der Waals surface area contributed by atoms with Crippen molar-refractivity contribution in [2.24, 2.45) is 0 Å². The van der Waals surface area contributed by atoms with Gasteiger partial charge in [0, 0.05) is 4.47 Å². The minimum Gasteiger partial charge on any atom is -0.450 e. The van der Waals surface area contributed by atoms with Crippen molar-refractivity contribution in [2.45, 2.75) is 6.92 Å². The molecular formula is C13H12BrNO2. The van der Waals surface area contributed by atoms with Gasteiger partial charge in [0.1, 0.15) is 0 Å². The van der Waals surface area contributed by atoms with Crippen molar-refractivity contribution in [1.82, 2.24) is 0 Å². The summed E-state index contributed by atoms with van der Waals surface area (Å²) in [5, 5.41) is 4.87. The first kappa shape index (κ1) is 11.9. The number of hydrogen-bond donors (Lipinski definition) is 1. The van der Waals surface area contributed by atoms with Gasteiger partial charge in [-0.1, -0.05) is 30.3 Å². The van der Waals surface area contributed by atoms with Crippen molar-refractivity contribution in [3.05, 3.63) is 40.9 Å². The van der Waals surface area contributed by atoms with Gasteiger partial charge in [-0.3, -0.25) is 5.32 Å². The molecule has 0 unspecified atom stereocenters. The predicted octanol–water partition coefficient (Wildman–Crippen LogP) is 4.17. The quantitative estimate of drug-likeness (QED) is 0.902. The zero-order valence-electron chi connectivity index (χ0n) is 9.37. The maximum absolute atomic E-state index is 11.3. The van der Waals surface area contributed by atoms with Crippen LogP contribution in [0.5, 0.6) is 0 Å². The zero-order valence-corrected chi connectivity index (χ0v) is 11.0. The molecule has 0 spiro atoms. The van der Waals surface area contributed by atoms with Gasteiger partial charge in [0.05, 0.1) is 12.3 Å². The van der Waals surface area contributed by atoms with Crippen LogP contribution in [-0.2, 0) is 4.74 Å². The first-order valence-electron chi connectivity index (χ1n) is 5.33. The van der Waals surface area contributed by atoms with Crippen LogP contribution in [0, 0.1) is 0 Å². The zero-order chi connectivity index (χ0) is 12.3. The van der Waals surface area contributed by atoms with Crippen molar-refractivity contribution in [3.8, 4) is 0 Å². The molecule has 4 heteroatoms. The molecule has 0 saturated heterocycles. The lowest BCUT2D eigenvalue weighted by Gasteiger charge is -2.09. The van der Waals surface area contributed by atoms with Crippen molar-refractivity contribution in [3.63, 3.8) is 0 Å². The Morgan fingerprint density at radius 2 is 2.06 bits per heavy atom. The molecule has 1 N–H and O–H groups in total. The largest absolute Gasteiger partial charge is 0.450 e. The number of carbonyl (C=O) groups excluding carboxylic acids is 1. The molecule has 2 rings (SSSR count). The van der Waals surface area contributed by atoms with Crippen molar-refractivity contribution >= 4 is 38.5 Å². The van der Waals surface area contributed by atoms with E-state index in [9.17, 15) is 4.79 Å². The van der Waals surface area contributed by atoms with E-state index in [-0.39, 0.29) is 0 Å². The van der Waals surface area contributed by atoms with Crippen LogP contribution in [0.3, 0.4) is 0 Å². The average molecular weight is 294 g/mol. The molecule has 0 aliphatic carbocycles. The van der Waals surface area contributed by atoms with E-state index in [0.29, 0.717) is 12.3 Å². The van der Waals surface area contributed by atoms with Gasteiger partial charge < -0.3 is 4.74 Å². The van der Waals surface area contributed by atoms with E-state index in [0.717, 1.165) is 15.2 Å². The molecule has 2 aromatic rings. The van der Waals surface area contributed by atoms with Gasteiger partial charge in [0.2, 0.25) is 0 Å². The second-order valence-corrected chi connectivity index (χ2v) is 4.29. The van der Waals surface area contributed by atoms with Crippen molar-refractivity contribution in [2.75, 3.05) is 11.9 Å². The van der Waals surface area contributed by atoms with E-state index < -0.39 is 6.09 Å². The number of amides is 1. The molecule has 0 saturated carbocycles. The van der Waals surface area contributed by atoms with Gasteiger partial charge in [0.25, 0.3) is 0 Å². The highest BCUT2D eigenvalue weighted by Crippen LogP contribution is 2.31. The van der Waals surface area contributed by atoms with Gasteiger partial charge in [-0.15, -0.1) is 0 Å². The van der Waals surface area contributed by atoms with Crippen molar-refractivity contribution in [1.29, 1.82) is 0 Å². The summed E-state index contributed by atoms with van der Waals surface area (Å²) >= 11 is 3.49. The van der Waals surface area contributed by atoms with Crippen molar-refractivity contribution < 1.29 is 9.53 Å². The van der Waals surface area contributed by atoms with Crippen LogP contribution < -0.4 is 5.32 Å². The number of benzene rings is 2. The standard InChI is InChI=1S/C13H12BrNO2/c1-2-17-13(16)15-11-8-7-9-5-3-4-6-10(9)12(11)14/h3-8H,2H2,1H3,(H,15,16). The highest BCUT2D eigenvalue weighted by Gasteiger charge is 2.08. The Kier molecular flexibility index (Phi) is 3.64. The van der Waals surface area contributed by atoms with E-state index in [1.807, 2.05) is 36.4 Å². The van der Waals surface area contributed by atoms with Gasteiger partial charge in [0.15, 0.2) is 0 Å². The summed E-state index contributed by atoms with van der Waals surface area (Å²) in [7, 11) is 0. The first-order valence-corrected chi connectivity index (χ1v) is 6.12. The number of rotatable bonds is 2. The Bertz CT molecular complexity index is 554. The fourth-order valence-corrected chi connectivity index (χ4v) is 2.20. The molecular weight excluding hydrogens is 282 g/mol. The molecule has 0 radical (unpaired) electrons. The van der Waals surface area contributed by atoms with Gasteiger partial charge in [-0.05, 0) is 39.7 Å². The number of halogens is 1. The molecule has 0 fully saturated rings. The smallest absolute Gasteiger partial charge is 0.411 e. The molecule has 17 heavy (non-hydrogen) atoms. The third-order valence-electron chi connectivity index (χ3n) is 2.38. The molecule has 0 aliphatic heterocycles. The topological polar surface area (TPSA) is 38.3 Å². The van der Waals surface area contributed by atoms with Crippen LogP contribution in [0.2, 0.25) is 0 Å². The number of ether oxygens (including phenoxy) is 1. The molecule has 88 valence electrons. The third kappa shape index (κ3) is 2.58. The summed E-state index contributed by atoms with van der Waals surface area (Å²) in [5.41, 5.74) is 0.710. The summed E-state index contributed by atoms with van der Waals surface area (Å²) in [6.45, 7) is 2.13. The fraction of sp³-hybridized carbons (Fsp3) is 0.154. The maximum atomic E-state index is 11.3. The molecule has 1 amide bonds. The Morgan fingerprint density at radius 1 is 1.29 bits per heavy atom. The lowest BCUT2D eigenvalue weighted by atomic mass is 10.1. The summed E-state index contributed by atoms with van der Waals surface area (Å²) in [6.07, 6.45) is -0.441. The van der Waals surface area contributed by atoms with E-state index in [2.05, 4.69) is 21.2 Å². The minimum absolute atomic E-state index is 0.358. The number of hydrogen-bond acceptors (Lipinski definition) is 2. The average Bonchev–Trinajstić information content (AvgIpc) is 2.33. The monoisotopic (exact) mass is 293 g/mol. The maximum Gasteiger partial charge on any atom is 0.411 e. The van der Waals surface area contributed by atoms with E-state index in [1.54, 1.807) is 6.92 Å². The molecule has 0 bridgehead atoms. The SMILES string of the molecule is CCOC(=O)Nc1ccc2ccccc2c1Br. The number of nitrogens with one attached hydrogen (secondary N) is 1. The molecule has 0 heterocycles. The van der Waals surface area contributed by atoms with Gasteiger partial charge in [-0.25, -0.2) is 4.79 Å². The predicted molar refractivity (Wildman–Crippen MR) is 72.3 cm³/mol. The Hall–Kier alpha value is -1.55.